The first kappa shape index (κ1) is 23.7. The molecule has 2 amide bonds. The lowest BCUT2D eigenvalue weighted by Crippen LogP contribution is -2.46. The Morgan fingerprint density at radius 2 is 1.96 bits per heavy atom. The van der Waals surface area contributed by atoms with Crippen LogP contribution in [-0.2, 0) is 16.0 Å². The smallest absolute Gasteiger partial charge is 0.237 e. The second-order valence-corrected chi connectivity index (χ2v) is 7.10. The van der Waals surface area contributed by atoms with Gasteiger partial charge in [0.2, 0.25) is 11.8 Å². The Morgan fingerprint density at radius 3 is 2.67 bits per heavy atom. The maximum Gasteiger partial charge on any atom is 0.237 e. The molecular weight excluding hydrogens is 387 g/mol. The van der Waals surface area contributed by atoms with Crippen molar-refractivity contribution >= 4 is 36.6 Å². The van der Waals surface area contributed by atoms with Gasteiger partial charge in [-0.15, -0.1) is 24.8 Å². The number of carbonyl (C=O) groups excluding carboxylic acids is 2. The van der Waals surface area contributed by atoms with E-state index in [1.54, 1.807) is 12.4 Å². The van der Waals surface area contributed by atoms with Crippen LogP contribution in [0.15, 0.2) is 24.5 Å². The average molecular weight is 417 g/mol. The van der Waals surface area contributed by atoms with E-state index in [0.717, 1.165) is 57.3 Å². The molecule has 152 valence electrons. The van der Waals surface area contributed by atoms with E-state index >= 15 is 0 Å². The fourth-order valence-corrected chi connectivity index (χ4v) is 3.69. The zero-order chi connectivity index (χ0) is 17.5. The normalized spacial score (nSPS) is 21.7. The summed E-state index contributed by atoms with van der Waals surface area (Å²) in [5, 5.41) is 6.29. The Hall–Kier alpha value is -1.37. The average Bonchev–Trinajstić information content (AvgIpc) is 3.20. The molecule has 0 aromatic carbocycles. The molecule has 8 heteroatoms. The first-order chi connectivity index (χ1) is 12.2. The van der Waals surface area contributed by atoms with Crippen molar-refractivity contribution < 1.29 is 9.59 Å². The number of likely N-dealkylation sites (tertiary alicyclic amines) is 1. The zero-order valence-electron chi connectivity index (χ0n) is 15.6. The highest BCUT2D eigenvalue weighted by Crippen LogP contribution is 2.17. The van der Waals surface area contributed by atoms with Gasteiger partial charge in [-0.25, -0.2) is 0 Å². The second-order valence-electron chi connectivity index (χ2n) is 7.10. The van der Waals surface area contributed by atoms with Crippen molar-refractivity contribution in [2.75, 3.05) is 26.2 Å². The van der Waals surface area contributed by atoms with Crippen molar-refractivity contribution in [3.63, 3.8) is 0 Å². The topological polar surface area (TPSA) is 74.3 Å². The quantitative estimate of drug-likeness (QED) is 0.742. The van der Waals surface area contributed by atoms with Crippen LogP contribution in [0.1, 0.15) is 37.7 Å². The van der Waals surface area contributed by atoms with Crippen molar-refractivity contribution in [3.8, 4) is 0 Å². The van der Waals surface area contributed by atoms with E-state index in [1.807, 2.05) is 17.0 Å². The molecule has 0 radical (unpaired) electrons. The van der Waals surface area contributed by atoms with Crippen LogP contribution in [0.25, 0.3) is 0 Å². The number of aryl methyl sites for hydroxylation is 1. The van der Waals surface area contributed by atoms with Crippen LogP contribution in [0.5, 0.6) is 0 Å². The summed E-state index contributed by atoms with van der Waals surface area (Å²) in [7, 11) is 0. The van der Waals surface area contributed by atoms with Gasteiger partial charge in [0, 0.05) is 38.4 Å². The summed E-state index contributed by atoms with van der Waals surface area (Å²) in [6.07, 6.45) is 8.91. The first-order valence-electron chi connectivity index (χ1n) is 9.40. The van der Waals surface area contributed by atoms with Crippen LogP contribution < -0.4 is 10.6 Å². The van der Waals surface area contributed by atoms with Crippen LogP contribution in [0.4, 0.5) is 0 Å². The van der Waals surface area contributed by atoms with Gasteiger partial charge >= 0.3 is 0 Å². The number of pyridine rings is 1. The molecule has 1 aromatic rings. The number of nitrogens with zero attached hydrogens (tertiary/aromatic N) is 2. The van der Waals surface area contributed by atoms with Crippen LogP contribution in [0.2, 0.25) is 0 Å². The summed E-state index contributed by atoms with van der Waals surface area (Å²) >= 11 is 0. The maximum absolute atomic E-state index is 12.5. The van der Waals surface area contributed by atoms with E-state index in [0.29, 0.717) is 18.9 Å². The van der Waals surface area contributed by atoms with Crippen LogP contribution in [0, 0.1) is 5.92 Å². The van der Waals surface area contributed by atoms with Crippen molar-refractivity contribution in [1.82, 2.24) is 20.5 Å². The lowest BCUT2D eigenvalue weighted by Gasteiger charge is -2.33. The monoisotopic (exact) mass is 416 g/mol. The Balaban J connectivity index is 0.00000182. The molecule has 2 N–H and O–H groups in total. The molecule has 3 heterocycles. The van der Waals surface area contributed by atoms with Gasteiger partial charge in [-0.3, -0.25) is 14.6 Å². The molecule has 0 bridgehead atoms. The minimum absolute atomic E-state index is 0. The number of halogens is 2. The number of aromatic nitrogens is 1. The molecule has 0 spiro atoms. The third-order valence-corrected chi connectivity index (χ3v) is 5.19. The SMILES string of the molecule is Cl.Cl.O=C(NCC1CCCN(C(=O)CCc2ccncc2)C1)C1CCCN1. The zero-order valence-corrected chi connectivity index (χ0v) is 17.2. The van der Waals surface area contributed by atoms with Gasteiger partial charge in [0.15, 0.2) is 0 Å². The molecule has 0 saturated carbocycles. The predicted molar refractivity (Wildman–Crippen MR) is 110 cm³/mol. The molecule has 2 atom stereocenters. The van der Waals surface area contributed by atoms with E-state index in [2.05, 4.69) is 15.6 Å². The Morgan fingerprint density at radius 1 is 1.19 bits per heavy atom. The second kappa shape index (κ2) is 12.2. The highest BCUT2D eigenvalue weighted by molar-refractivity contribution is 5.85. The highest BCUT2D eigenvalue weighted by atomic mass is 35.5. The molecule has 2 saturated heterocycles. The minimum Gasteiger partial charge on any atom is -0.354 e. The van der Waals surface area contributed by atoms with Crippen LogP contribution >= 0.6 is 24.8 Å². The molecule has 27 heavy (non-hydrogen) atoms. The number of nitrogens with one attached hydrogen (secondary N) is 2. The van der Waals surface area contributed by atoms with Crippen molar-refractivity contribution in [1.29, 1.82) is 0 Å². The van der Waals surface area contributed by atoms with Crippen LogP contribution in [-0.4, -0.2) is 53.9 Å². The molecule has 2 aliphatic heterocycles. The van der Waals surface area contributed by atoms with Gasteiger partial charge < -0.3 is 15.5 Å². The van der Waals surface area contributed by atoms with Crippen LogP contribution in [0.3, 0.4) is 0 Å². The molecule has 2 unspecified atom stereocenters. The molecule has 1 aromatic heterocycles. The van der Waals surface area contributed by atoms with E-state index in [9.17, 15) is 9.59 Å². The summed E-state index contributed by atoms with van der Waals surface area (Å²) < 4.78 is 0. The molecule has 3 rings (SSSR count). The van der Waals surface area contributed by atoms with Gasteiger partial charge in [-0.2, -0.15) is 0 Å². The minimum atomic E-state index is -0.0262. The molecule has 6 nitrogen and oxygen atoms in total. The lowest BCUT2D eigenvalue weighted by molar-refractivity contribution is -0.132. The Bertz CT molecular complexity index is 582. The number of hydrogen-bond acceptors (Lipinski definition) is 4. The van der Waals surface area contributed by atoms with E-state index in [-0.39, 0.29) is 42.7 Å². The summed E-state index contributed by atoms with van der Waals surface area (Å²) in [5.74, 6) is 0.688. The summed E-state index contributed by atoms with van der Waals surface area (Å²) in [6, 6.07) is 3.89. The fourth-order valence-electron chi connectivity index (χ4n) is 3.69. The number of hydrogen-bond donors (Lipinski definition) is 2. The van der Waals surface area contributed by atoms with E-state index < -0.39 is 0 Å². The molecule has 2 fully saturated rings. The number of amides is 2. The standard InChI is InChI=1S/C19H28N4O2.2ClH/c24-18(6-5-15-7-10-20-11-8-15)23-12-2-3-16(14-23)13-22-19(25)17-4-1-9-21-17;;/h7-8,10-11,16-17,21H,1-6,9,12-14H2,(H,22,25);2*1H. The van der Waals surface area contributed by atoms with Gasteiger partial charge in [-0.05, 0) is 62.3 Å². The van der Waals surface area contributed by atoms with Gasteiger partial charge in [0.25, 0.3) is 0 Å². The Kier molecular flexibility index (Phi) is 10.7. The largest absolute Gasteiger partial charge is 0.354 e. The lowest BCUT2D eigenvalue weighted by atomic mass is 9.97. The molecule has 2 aliphatic rings. The predicted octanol–water partition coefficient (Wildman–Crippen LogP) is 1.96. The van der Waals surface area contributed by atoms with Crippen molar-refractivity contribution in [2.24, 2.45) is 5.92 Å². The van der Waals surface area contributed by atoms with Crippen molar-refractivity contribution in [2.45, 2.75) is 44.6 Å². The van der Waals surface area contributed by atoms with Crippen molar-refractivity contribution in [3.05, 3.63) is 30.1 Å². The number of rotatable bonds is 6. The first-order valence-corrected chi connectivity index (χ1v) is 9.40. The highest BCUT2D eigenvalue weighted by Gasteiger charge is 2.26. The third kappa shape index (κ3) is 7.28. The van der Waals surface area contributed by atoms with E-state index in [1.165, 1.54) is 0 Å². The Labute approximate surface area is 173 Å². The van der Waals surface area contributed by atoms with Gasteiger partial charge in [0.05, 0.1) is 6.04 Å². The summed E-state index contributed by atoms with van der Waals surface area (Å²) in [6.45, 7) is 3.20. The summed E-state index contributed by atoms with van der Waals surface area (Å²) in [5.41, 5.74) is 1.15. The summed E-state index contributed by atoms with van der Waals surface area (Å²) in [4.78, 5) is 30.5. The maximum atomic E-state index is 12.5. The number of piperidine rings is 1. The molecular formula is C19H30Cl2N4O2. The van der Waals surface area contributed by atoms with Gasteiger partial charge in [-0.1, -0.05) is 0 Å². The fraction of sp³-hybridized carbons (Fsp3) is 0.632. The molecule has 0 aliphatic carbocycles. The third-order valence-electron chi connectivity index (χ3n) is 5.19. The van der Waals surface area contributed by atoms with Gasteiger partial charge in [0.1, 0.15) is 0 Å². The number of carbonyl (C=O) groups is 2. The van der Waals surface area contributed by atoms with E-state index in [4.69, 9.17) is 0 Å².